The summed E-state index contributed by atoms with van der Waals surface area (Å²) in [6.45, 7) is 6.26. The van der Waals surface area contributed by atoms with E-state index in [0.29, 0.717) is 30.8 Å². The molecule has 3 aromatic rings. The van der Waals surface area contributed by atoms with Crippen LogP contribution in [0.2, 0.25) is 8.67 Å². The van der Waals surface area contributed by atoms with E-state index in [1.165, 1.54) is 11.3 Å². The number of hydrogen-bond acceptors (Lipinski definition) is 3. The second-order valence-corrected chi connectivity index (χ2v) is 8.87. The number of carbonyl (C=O) groups is 1. The zero-order valence-corrected chi connectivity index (χ0v) is 15.7. The summed E-state index contributed by atoms with van der Waals surface area (Å²) in [7, 11) is 0. The van der Waals surface area contributed by atoms with Crippen LogP contribution >= 0.6 is 34.5 Å². The van der Waals surface area contributed by atoms with Gasteiger partial charge in [-0.15, -0.1) is 11.3 Å². The minimum Gasteiger partial charge on any atom is -0.478 e. The average molecular weight is 380 g/mol. The number of thiophene rings is 1. The summed E-state index contributed by atoms with van der Waals surface area (Å²) in [6, 6.07) is 9.00. The first-order valence-corrected chi connectivity index (χ1v) is 8.88. The smallest absolute Gasteiger partial charge is 0.336 e. The monoisotopic (exact) mass is 379 g/mol. The second-order valence-electron chi connectivity index (χ2n) is 6.58. The molecular formula is C18H15Cl2NO2S. The quantitative estimate of drug-likeness (QED) is 0.570. The van der Waals surface area contributed by atoms with Gasteiger partial charge in [-0.05, 0) is 35.2 Å². The van der Waals surface area contributed by atoms with Gasteiger partial charge in [0.2, 0.25) is 0 Å². The van der Waals surface area contributed by atoms with Crippen LogP contribution in [0.4, 0.5) is 0 Å². The van der Waals surface area contributed by atoms with Gasteiger partial charge < -0.3 is 5.11 Å². The summed E-state index contributed by atoms with van der Waals surface area (Å²) in [5.74, 6) is -0.993. The van der Waals surface area contributed by atoms with Gasteiger partial charge in [-0.3, -0.25) is 0 Å². The van der Waals surface area contributed by atoms with Crippen molar-refractivity contribution in [1.29, 1.82) is 0 Å². The van der Waals surface area contributed by atoms with Gasteiger partial charge in [-0.2, -0.15) is 0 Å². The van der Waals surface area contributed by atoms with E-state index in [2.05, 4.69) is 25.8 Å². The Morgan fingerprint density at radius 1 is 1.17 bits per heavy atom. The molecule has 3 nitrogen and oxygen atoms in total. The van der Waals surface area contributed by atoms with E-state index < -0.39 is 5.97 Å². The van der Waals surface area contributed by atoms with Crippen molar-refractivity contribution >= 4 is 51.4 Å². The highest BCUT2D eigenvalue weighted by Gasteiger charge is 2.19. The molecule has 1 aromatic carbocycles. The van der Waals surface area contributed by atoms with E-state index in [9.17, 15) is 9.90 Å². The molecule has 124 valence electrons. The average Bonchev–Trinajstić information content (AvgIpc) is 2.83. The van der Waals surface area contributed by atoms with Crippen LogP contribution in [-0.2, 0) is 5.41 Å². The van der Waals surface area contributed by atoms with Gasteiger partial charge in [-0.25, -0.2) is 9.78 Å². The summed E-state index contributed by atoms with van der Waals surface area (Å²) < 4.78 is 1.03. The molecule has 0 aliphatic carbocycles. The maximum Gasteiger partial charge on any atom is 0.336 e. The lowest BCUT2D eigenvalue weighted by atomic mass is 9.86. The number of fused-ring (bicyclic) bond motifs is 1. The molecular weight excluding hydrogens is 365 g/mol. The first-order chi connectivity index (χ1) is 11.2. The lowest BCUT2D eigenvalue weighted by Gasteiger charge is -2.20. The Kier molecular flexibility index (Phi) is 4.32. The number of carboxylic acids is 1. The lowest BCUT2D eigenvalue weighted by Crippen LogP contribution is -2.11. The molecule has 0 aliphatic rings. The molecule has 0 aliphatic heterocycles. The number of pyridine rings is 1. The summed E-state index contributed by atoms with van der Waals surface area (Å²) in [6.07, 6.45) is 0. The molecule has 0 spiro atoms. The van der Waals surface area contributed by atoms with Gasteiger partial charge in [0, 0.05) is 10.9 Å². The number of aromatic carboxylic acids is 1. The maximum absolute atomic E-state index is 11.8. The van der Waals surface area contributed by atoms with Crippen molar-refractivity contribution in [3.63, 3.8) is 0 Å². The van der Waals surface area contributed by atoms with E-state index in [-0.39, 0.29) is 11.0 Å². The molecule has 2 heterocycles. The van der Waals surface area contributed by atoms with E-state index in [1.807, 2.05) is 18.2 Å². The first kappa shape index (κ1) is 17.2. The molecule has 0 amide bonds. The van der Waals surface area contributed by atoms with Crippen molar-refractivity contribution in [3.8, 4) is 11.3 Å². The Morgan fingerprint density at radius 2 is 1.88 bits per heavy atom. The molecule has 6 heteroatoms. The Morgan fingerprint density at radius 3 is 2.42 bits per heavy atom. The minimum absolute atomic E-state index is 0.0766. The number of nitrogens with zero attached hydrogens (tertiary/aromatic N) is 1. The van der Waals surface area contributed by atoms with Crippen molar-refractivity contribution < 1.29 is 9.90 Å². The normalized spacial score (nSPS) is 11.9. The van der Waals surface area contributed by atoms with Crippen molar-refractivity contribution in [2.24, 2.45) is 0 Å². The second kappa shape index (κ2) is 6.03. The van der Waals surface area contributed by atoms with Crippen LogP contribution in [0.15, 0.2) is 30.3 Å². The van der Waals surface area contributed by atoms with Gasteiger partial charge in [0.1, 0.15) is 4.34 Å². The van der Waals surface area contributed by atoms with E-state index in [1.54, 1.807) is 12.1 Å². The minimum atomic E-state index is -0.993. The van der Waals surface area contributed by atoms with Gasteiger partial charge >= 0.3 is 5.97 Å². The highest BCUT2D eigenvalue weighted by molar-refractivity contribution is 7.20. The van der Waals surface area contributed by atoms with Crippen LogP contribution in [0.1, 0.15) is 36.7 Å². The molecule has 0 saturated heterocycles. The third kappa shape index (κ3) is 3.14. The molecule has 0 saturated carbocycles. The predicted molar refractivity (Wildman–Crippen MR) is 101 cm³/mol. The van der Waals surface area contributed by atoms with Gasteiger partial charge in [0.15, 0.2) is 0 Å². The molecule has 0 radical (unpaired) electrons. The van der Waals surface area contributed by atoms with E-state index in [4.69, 9.17) is 23.2 Å². The van der Waals surface area contributed by atoms with Crippen molar-refractivity contribution in [3.05, 3.63) is 50.1 Å². The summed E-state index contributed by atoms with van der Waals surface area (Å²) >= 11 is 13.4. The molecule has 0 bridgehead atoms. The molecule has 3 rings (SSSR count). The number of benzene rings is 1. The number of hydrogen-bond donors (Lipinski definition) is 1. The van der Waals surface area contributed by atoms with Gasteiger partial charge in [0.05, 0.1) is 21.1 Å². The Balaban J connectivity index is 2.30. The van der Waals surface area contributed by atoms with Crippen LogP contribution in [-0.4, -0.2) is 16.1 Å². The molecule has 24 heavy (non-hydrogen) atoms. The zero-order valence-electron chi connectivity index (χ0n) is 13.4. The van der Waals surface area contributed by atoms with Gasteiger partial charge in [0.25, 0.3) is 0 Å². The molecule has 1 N–H and O–H groups in total. The summed E-state index contributed by atoms with van der Waals surface area (Å²) in [5, 5.41) is 10.3. The summed E-state index contributed by atoms with van der Waals surface area (Å²) in [4.78, 5) is 16.4. The largest absolute Gasteiger partial charge is 0.478 e. The highest BCUT2D eigenvalue weighted by atomic mass is 35.5. The van der Waals surface area contributed by atoms with Crippen molar-refractivity contribution in [2.45, 2.75) is 26.2 Å². The van der Waals surface area contributed by atoms with Crippen LogP contribution in [0.3, 0.4) is 0 Å². The molecule has 2 aromatic heterocycles. The SMILES string of the molecule is CC(C)(C)c1ccc2nc(-c3cc(Cl)sc3Cl)cc(C(=O)O)c2c1. The fourth-order valence-electron chi connectivity index (χ4n) is 2.52. The topological polar surface area (TPSA) is 50.2 Å². The predicted octanol–water partition coefficient (Wildman–Crippen LogP) is 6.27. The van der Waals surface area contributed by atoms with Crippen LogP contribution in [0.25, 0.3) is 22.2 Å². The Labute approximate surface area is 153 Å². The van der Waals surface area contributed by atoms with Crippen LogP contribution in [0, 0.1) is 0 Å². The molecule has 0 fully saturated rings. The molecule has 0 unspecified atom stereocenters. The fraction of sp³-hybridized carbons (Fsp3) is 0.222. The number of aromatic nitrogens is 1. The van der Waals surface area contributed by atoms with Crippen LogP contribution in [0.5, 0.6) is 0 Å². The fourth-order valence-corrected chi connectivity index (χ4v) is 4.00. The molecule has 0 atom stereocenters. The Bertz CT molecular complexity index is 958. The maximum atomic E-state index is 11.8. The van der Waals surface area contributed by atoms with Crippen molar-refractivity contribution in [2.75, 3.05) is 0 Å². The third-order valence-electron chi connectivity index (χ3n) is 3.84. The Hall–Kier alpha value is -1.62. The first-order valence-electron chi connectivity index (χ1n) is 7.30. The van der Waals surface area contributed by atoms with E-state index >= 15 is 0 Å². The highest BCUT2D eigenvalue weighted by Crippen LogP contribution is 2.39. The van der Waals surface area contributed by atoms with Crippen molar-refractivity contribution in [1.82, 2.24) is 4.98 Å². The van der Waals surface area contributed by atoms with Gasteiger partial charge in [-0.1, -0.05) is 50.0 Å². The number of halogens is 2. The number of carboxylic acid groups (broad SMARTS) is 1. The van der Waals surface area contributed by atoms with E-state index in [0.717, 1.165) is 5.56 Å². The third-order valence-corrected chi connectivity index (χ3v) is 5.33. The van der Waals surface area contributed by atoms with Crippen LogP contribution < -0.4 is 0 Å². The standard InChI is InChI=1S/C18H15Cl2NO2S/c1-18(2,3)9-4-5-13-10(6-9)11(17(22)23)7-14(21-13)12-8-15(19)24-16(12)20/h4-8H,1-3H3,(H,22,23). The summed E-state index contributed by atoms with van der Waals surface area (Å²) in [5.41, 5.74) is 2.97. The number of rotatable bonds is 2. The lowest BCUT2D eigenvalue weighted by molar-refractivity contribution is 0.0699. The zero-order chi connectivity index (χ0) is 17.6.